The van der Waals surface area contributed by atoms with Crippen molar-refractivity contribution in [1.82, 2.24) is 25.3 Å². The van der Waals surface area contributed by atoms with Crippen molar-refractivity contribution in [1.29, 1.82) is 0 Å². The molecule has 34 heavy (non-hydrogen) atoms. The molecule has 1 aliphatic rings. The lowest BCUT2D eigenvalue weighted by atomic mass is 9.92. The third-order valence-corrected chi connectivity index (χ3v) is 5.32. The van der Waals surface area contributed by atoms with Crippen molar-refractivity contribution in [3.63, 3.8) is 0 Å². The van der Waals surface area contributed by atoms with Gasteiger partial charge in [-0.3, -0.25) is 4.79 Å². The van der Waals surface area contributed by atoms with Gasteiger partial charge in [-0.15, -0.1) is 0 Å². The van der Waals surface area contributed by atoms with Crippen LogP contribution in [0.15, 0.2) is 36.5 Å². The SMILES string of the molecule is CC(=O)NCC1(C)COC(c2nc(-c3ccc(F)cc3)c(-c3ccnc(NC(C)C)n3)[nH]2)OC1. The number of H-pyrrole nitrogens is 1. The molecule has 2 aromatic heterocycles. The molecule has 1 aromatic carbocycles. The van der Waals surface area contributed by atoms with Gasteiger partial charge in [0.1, 0.15) is 5.82 Å². The quantitative estimate of drug-likeness (QED) is 0.485. The van der Waals surface area contributed by atoms with Gasteiger partial charge >= 0.3 is 0 Å². The highest BCUT2D eigenvalue weighted by Crippen LogP contribution is 2.35. The van der Waals surface area contributed by atoms with Gasteiger partial charge < -0.3 is 25.1 Å². The van der Waals surface area contributed by atoms with Crippen LogP contribution in [0.25, 0.3) is 22.6 Å². The van der Waals surface area contributed by atoms with Gasteiger partial charge in [-0.25, -0.2) is 19.3 Å². The number of nitrogens with zero attached hydrogens (tertiary/aromatic N) is 3. The van der Waals surface area contributed by atoms with Crippen LogP contribution in [-0.4, -0.2) is 51.6 Å². The largest absolute Gasteiger partial charge is 0.356 e. The van der Waals surface area contributed by atoms with E-state index in [1.165, 1.54) is 19.1 Å². The van der Waals surface area contributed by atoms with E-state index in [1.54, 1.807) is 24.4 Å². The molecule has 0 bridgehead atoms. The van der Waals surface area contributed by atoms with E-state index in [-0.39, 0.29) is 23.2 Å². The van der Waals surface area contributed by atoms with Crippen LogP contribution in [0.1, 0.15) is 39.8 Å². The van der Waals surface area contributed by atoms with Crippen LogP contribution in [0, 0.1) is 11.2 Å². The number of amides is 1. The topological polar surface area (TPSA) is 114 Å². The highest BCUT2D eigenvalue weighted by molar-refractivity contribution is 5.77. The van der Waals surface area contributed by atoms with Crippen LogP contribution in [-0.2, 0) is 14.3 Å². The Morgan fingerprint density at radius 3 is 2.56 bits per heavy atom. The Bertz CT molecular complexity index is 1140. The summed E-state index contributed by atoms with van der Waals surface area (Å²) in [5, 5.41) is 6.01. The maximum atomic E-state index is 13.6. The second-order valence-corrected chi connectivity index (χ2v) is 9.09. The Labute approximate surface area is 197 Å². The summed E-state index contributed by atoms with van der Waals surface area (Å²) < 4.78 is 25.5. The zero-order valence-corrected chi connectivity index (χ0v) is 19.7. The van der Waals surface area contributed by atoms with E-state index in [4.69, 9.17) is 14.5 Å². The minimum Gasteiger partial charge on any atom is -0.356 e. The van der Waals surface area contributed by atoms with Crippen molar-refractivity contribution in [3.05, 3.63) is 48.2 Å². The lowest BCUT2D eigenvalue weighted by Gasteiger charge is -2.36. The average Bonchev–Trinajstić information content (AvgIpc) is 3.24. The molecule has 0 unspecified atom stereocenters. The Balaban J connectivity index is 1.64. The summed E-state index contributed by atoms with van der Waals surface area (Å²) >= 11 is 0. The van der Waals surface area contributed by atoms with Crippen molar-refractivity contribution in [2.24, 2.45) is 5.41 Å². The summed E-state index contributed by atoms with van der Waals surface area (Å²) in [6.45, 7) is 8.70. The first kappa shape index (κ1) is 23.8. The van der Waals surface area contributed by atoms with Crippen LogP contribution < -0.4 is 10.6 Å². The van der Waals surface area contributed by atoms with Crippen LogP contribution in [0.5, 0.6) is 0 Å². The molecule has 3 N–H and O–H groups in total. The fourth-order valence-corrected chi connectivity index (χ4v) is 3.57. The second kappa shape index (κ2) is 9.86. The van der Waals surface area contributed by atoms with Crippen molar-refractivity contribution >= 4 is 11.9 Å². The molecule has 9 nitrogen and oxygen atoms in total. The van der Waals surface area contributed by atoms with Crippen molar-refractivity contribution in [2.45, 2.75) is 40.0 Å². The molecule has 0 aliphatic carbocycles. The van der Waals surface area contributed by atoms with Gasteiger partial charge in [-0.05, 0) is 44.2 Å². The number of nitrogens with one attached hydrogen (secondary N) is 3. The number of rotatable bonds is 7. The van der Waals surface area contributed by atoms with E-state index >= 15 is 0 Å². The highest BCUT2D eigenvalue weighted by Gasteiger charge is 2.35. The maximum Gasteiger partial charge on any atom is 0.223 e. The predicted octanol–water partition coefficient (Wildman–Crippen LogP) is 3.68. The number of carbonyl (C=O) groups is 1. The van der Waals surface area contributed by atoms with E-state index in [1.807, 2.05) is 20.8 Å². The van der Waals surface area contributed by atoms with E-state index in [9.17, 15) is 9.18 Å². The van der Waals surface area contributed by atoms with Gasteiger partial charge in [0.15, 0.2) is 5.82 Å². The molecule has 0 saturated carbocycles. The van der Waals surface area contributed by atoms with Crippen LogP contribution in [0.3, 0.4) is 0 Å². The standard InChI is InChI=1S/C24H29FN6O3/c1-14(2)28-23-26-10-9-18(29-23)20-19(16-5-7-17(25)8-6-16)30-21(31-20)22-33-12-24(4,13-34-22)11-27-15(3)32/h5-10,14,22H,11-13H2,1-4H3,(H,27,32)(H,30,31)(H,26,28,29). The Morgan fingerprint density at radius 2 is 1.91 bits per heavy atom. The average molecular weight is 469 g/mol. The molecule has 1 aliphatic heterocycles. The van der Waals surface area contributed by atoms with Crippen LogP contribution in [0.4, 0.5) is 10.3 Å². The fourth-order valence-electron chi connectivity index (χ4n) is 3.57. The van der Waals surface area contributed by atoms with Gasteiger partial charge in [0.25, 0.3) is 0 Å². The normalized spacial score (nSPS) is 20.4. The van der Waals surface area contributed by atoms with Crippen molar-refractivity contribution < 1.29 is 18.7 Å². The Kier molecular flexibility index (Phi) is 6.90. The molecule has 1 amide bonds. The first-order chi connectivity index (χ1) is 16.2. The maximum absolute atomic E-state index is 13.6. The summed E-state index contributed by atoms with van der Waals surface area (Å²) in [7, 11) is 0. The molecule has 0 radical (unpaired) electrons. The Hall–Kier alpha value is -3.37. The molecule has 4 rings (SSSR count). The van der Waals surface area contributed by atoms with Gasteiger partial charge in [0.05, 0.1) is 30.3 Å². The van der Waals surface area contributed by atoms with Crippen LogP contribution >= 0.6 is 0 Å². The zero-order valence-electron chi connectivity index (χ0n) is 19.7. The number of hydrogen-bond acceptors (Lipinski definition) is 7. The number of aromatic nitrogens is 4. The summed E-state index contributed by atoms with van der Waals surface area (Å²) in [6.07, 6.45) is 0.955. The summed E-state index contributed by atoms with van der Waals surface area (Å²) in [5.41, 5.74) is 2.25. The molecule has 10 heteroatoms. The minimum absolute atomic E-state index is 0.0980. The summed E-state index contributed by atoms with van der Waals surface area (Å²) in [6, 6.07) is 8.06. The minimum atomic E-state index is -0.714. The fraction of sp³-hybridized carbons (Fsp3) is 0.417. The van der Waals surface area contributed by atoms with Crippen molar-refractivity contribution in [3.8, 4) is 22.6 Å². The molecule has 3 heterocycles. The molecule has 1 fully saturated rings. The number of carbonyl (C=O) groups excluding carboxylic acids is 1. The third kappa shape index (κ3) is 5.57. The number of imidazole rings is 1. The van der Waals surface area contributed by atoms with E-state index in [2.05, 4.69) is 25.6 Å². The predicted molar refractivity (Wildman–Crippen MR) is 125 cm³/mol. The number of anilines is 1. The van der Waals surface area contributed by atoms with Crippen molar-refractivity contribution in [2.75, 3.05) is 25.1 Å². The third-order valence-electron chi connectivity index (χ3n) is 5.32. The molecular formula is C24H29FN6O3. The zero-order chi connectivity index (χ0) is 24.3. The number of hydrogen-bond donors (Lipinski definition) is 3. The molecule has 0 atom stereocenters. The van der Waals surface area contributed by atoms with Crippen LogP contribution in [0.2, 0.25) is 0 Å². The number of aromatic amines is 1. The molecule has 0 spiro atoms. The first-order valence-corrected chi connectivity index (χ1v) is 11.2. The number of benzene rings is 1. The second-order valence-electron chi connectivity index (χ2n) is 9.09. The van der Waals surface area contributed by atoms with E-state index < -0.39 is 6.29 Å². The van der Waals surface area contributed by atoms with Gasteiger partial charge in [-0.2, -0.15) is 0 Å². The van der Waals surface area contributed by atoms with E-state index in [0.717, 1.165) is 5.56 Å². The smallest absolute Gasteiger partial charge is 0.223 e. The Morgan fingerprint density at radius 1 is 1.21 bits per heavy atom. The van der Waals surface area contributed by atoms with Gasteiger partial charge in [0, 0.05) is 36.7 Å². The number of ether oxygens (including phenoxy) is 2. The molecule has 180 valence electrons. The molecule has 1 saturated heterocycles. The summed E-state index contributed by atoms with van der Waals surface area (Å²) in [4.78, 5) is 28.2. The van der Waals surface area contributed by atoms with Gasteiger partial charge in [0.2, 0.25) is 18.1 Å². The van der Waals surface area contributed by atoms with E-state index in [0.29, 0.717) is 48.6 Å². The summed E-state index contributed by atoms with van der Waals surface area (Å²) in [5.74, 6) is 0.545. The lowest BCUT2D eigenvalue weighted by molar-refractivity contribution is -0.232. The highest BCUT2D eigenvalue weighted by atomic mass is 19.1. The number of halogens is 1. The molecular weight excluding hydrogens is 439 g/mol. The monoisotopic (exact) mass is 468 g/mol. The lowest BCUT2D eigenvalue weighted by Crippen LogP contribution is -2.45. The van der Waals surface area contributed by atoms with Gasteiger partial charge in [-0.1, -0.05) is 6.92 Å². The first-order valence-electron chi connectivity index (χ1n) is 11.2. The molecule has 3 aromatic rings.